The quantitative estimate of drug-likeness (QED) is 0.892. The summed E-state index contributed by atoms with van der Waals surface area (Å²) in [6.07, 6.45) is 1.14. The van der Waals surface area contributed by atoms with E-state index in [1.165, 1.54) is 16.6 Å². The van der Waals surface area contributed by atoms with E-state index in [2.05, 4.69) is 41.2 Å². The molecule has 1 aromatic heterocycles. The Morgan fingerprint density at radius 2 is 2.11 bits per heavy atom. The first-order valence-electron chi connectivity index (χ1n) is 7.02. The molecule has 2 aromatic rings. The van der Waals surface area contributed by atoms with Gasteiger partial charge in [0.25, 0.3) is 0 Å². The van der Waals surface area contributed by atoms with Crippen molar-refractivity contribution in [2.45, 2.75) is 25.9 Å². The van der Waals surface area contributed by atoms with Crippen molar-refractivity contribution in [3.8, 4) is 0 Å². The Balaban J connectivity index is 1.85. The molecule has 2 N–H and O–H groups in total. The van der Waals surface area contributed by atoms with Gasteiger partial charge in [0.15, 0.2) is 0 Å². The Kier molecular flexibility index (Phi) is 3.29. The van der Waals surface area contributed by atoms with Gasteiger partial charge in [0.1, 0.15) is 0 Å². The first-order chi connectivity index (χ1) is 9.13. The standard InChI is InChI=1S/C15H22N4/c1-11-7-12(16)9-19(8-11)10-14-13-5-3-4-6-15(13)18(2)17-14/h3-6,11-12H,7-10,16H2,1-2H3. The van der Waals surface area contributed by atoms with Gasteiger partial charge in [-0.15, -0.1) is 0 Å². The molecule has 2 unspecified atom stereocenters. The van der Waals surface area contributed by atoms with Crippen LogP contribution in [0.3, 0.4) is 0 Å². The monoisotopic (exact) mass is 258 g/mol. The van der Waals surface area contributed by atoms with Crippen molar-refractivity contribution in [1.82, 2.24) is 14.7 Å². The Morgan fingerprint density at radius 1 is 1.32 bits per heavy atom. The van der Waals surface area contributed by atoms with Crippen molar-refractivity contribution >= 4 is 10.9 Å². The molecule has 0 aliphatic carbocycles. The van der Waals surface area contributed by atoms with Crippen LogP contribution in [-0.2, 0) is 13.6 Å². The first-order valence-corrected chi connectivity index (χ1v) is 7.02. The summed E-state index contributed by atoms with van der Waals surface area (Å²) in [5.74, 6) is 0.679. The third-order valence-corrected chi connectivity index (χ3v) is 3.98. The molecule has 2 atom stereocenters. The number of benzene rings is 1. The van der Waals surface area contributed by atoms with E-state index in [4.69, 9.17) is 5.73 Å². The number of likely N-dealkylation sites (tertiary alicyclic amines) is 1. The third-order valence-electron chi connectivity index (χ3n) is 3.98. The van der Waals surface area contributed by atoms with Crippen LogP contribution in [0.2, 0.25) is 0 Å². The van der Waals surface area contributed by atoms with Crippen LogP contribution in [0.4, 0.5) is 0 Å². The fraction of sp³-hybridized carbons (Fsp3) is 0.533. The molecule has 102 valence electrons. The molecule has 1 aliphatic rings. The molecule has 3 rings (SSSR count). The summed E-state index contributed by atoms with van der Waals surface area (Å²) in [5, 5.41) is 5.93. The fourth-order valence-corrected chi connectivity index (χ4v) is 3.26. The van der Waals surface area contributed by atoms with Crippen molar-refractivity contribution in [1.29, 1.82) is 0 Å². The predicted octanol–water partition coefficient (Wildman–Crippen LogP) is 1.74. The molecule has 0 amide bonds. The number of aromatic nitrogens is 2. The van der Waals surface area contributed by atoms with Crippen LogP contribution in [0.25, 0.3) is 10.9 Å². The van der Waals surface area contributed by atoms with Gasteiger partial charge in [0, 0.05) is 38.1 Å². The molecule has 0 spiro atoms. The van der Waals surface area contributed by atoms with Gasteiger partial charge in [-0.2, -0.15) is 5.10 Å². The molecule has 0 saturated carbocycles. The number of nitrogens with zero attached hydrogens (tertiary/aromatic N) is 3. The number of hydrogen-bond donors (Lipinski definition) is 1. The van der Waals surface area contributed by atoms with Gasteiger partial charge < -0.3 is 5.73 Å². The minimum Gasteiger partial charge on any atom is -0.327 e. The highest BCUT2D eigenvalue weighted by Crippen LogP contribution is 2.22. The second kappa shape index (κ2) is 4.94. The maximum atomic E-state index is 6.12. The van der Waals surface area contributed by atoms with Crippen molar-refractivity contribution in [3.05, 3.63) is 30.0 Å². The predicted molar refractivity (Wildman–Crippen MR) is 77.7 cm³/mol. The van der Waals surface area contributed by atoms with Crippen molar-refractivity contribution in [2.75, 3.05) is 13.1 Å². The average molecular weight is 258 g/mol. The van der Waals surface area contributed by atoms with E-state index in [9.17, 15) is 0 Å². The molecule has 19 heavy (non-hydrogen) atoms. The second-order valence-corrected chi connectivity index (χ2v) is 5.88. The highest BCUT2D eigenvalue weighted by molar-refractivity contribution is 5.81. The summed E-state index contributed by atoms with van der Waals surface area (Å²) in [4.78, 5) is 2.44. The Labute approximate surface area is 114 Å². The lowest BCUT2D eigenvalue weighted by Crippen LogP contribution is -2.45. The Morgan fingerprint density at radius 3 is 2.89 bits per heavy atom. The zero-order valence-corrected chi connectivity index (χ0v) is 11.7. The van der Waals surface area contributed by atoms with Crippen LogP contribution in [0.5, 0.6) is 0 Å². The lowest BCUT2D eigenvalue weighted by molar-refractivity contribution is 0.157. The fourth-order valence-electron chi connectivity index (χ4n) is 3.26. The topological polar surface area (TPSA) is 47.1 Å². The summed E-state index contributed by atoms with van der Waals surface area (Å²) >= 11 is 0. The highest BCUT2D eigenvalue weighted by atomic mass is 15.3. The van der Waals surface area contributed by atoms with Crippen LogP contribution in [0, 0.1) is 5.92 Å². The summed E-state index contributed by atoms with van der Waals surface area (Å²) in [6, 6.07) is 8.73. The second-order valence-electron chi connectivity index (χ2n) is 5.88. The molecule has 2 heterocycles. The van der Waals surface area contributed by atoms with Crippen LogP contribution in [-0.4, -0.2) is 33.8 Å². The lowest BCUT2D eigenvalue weighted by Gasteiger charge is -2.34. The highest BCUT2D eigenvalue weighted by Gasteiger charge is 2.23. The molecule has 4 nitrogen and oxygen atoms in total. The van der Waals surface area contributed by atoms with Crippen LogP contribution in [0.15, 0.2) is 24.3 Å². The molecule has 1 aromatic carbocycles. The zero-order valence-electron chi connectivity index (χ0n) is 11.7. The van der Waals surface area contributed by atoms with E-state index in [0.29, 0.717) is 12.0 Å². The summed E-state index contributed by atoms with van der Waals surface area (Å²) < 4.78 is 1.97. The number of aryl methyl sites for hydroxylation is 1. The minimum atomic E-state index is 0.304. The van der Waals surface area contributed by atoms with Gasteiger partial charge in [0.2, 0.25) is 0 Å². The van der Waals surface area contributed by atoms with Crippen LogP contribution >= 0.6 is 0 Å². The van der Waals surface area contributed by atoms with Gasteiger partial charge in [-0.1, -0.05) is 25.1 Å². The van der Waals surface area contributed by atoms with E-state index >= 15 is 0 Å². The van der Waals surface area contributed by atoms with Gasteiger partial charge in [0.05, 0.1) is 11.2 Å². The molecule has 4 heteroatoms. The smallest absolute Gasteiger partial charge is 0.0843 e. The van der Waals surface area contributed by atoms with Gasteiger partial charge >= 0.3 is 0 Å². The number of para-hydroxylation sites is 1. The number of piperidine rings is 1. The minimum absolute atomic E-state index is 0.304. The lowest BCUT2D eigenvalue weighted by atomic mass is 9.96. The molecular weight excluding hydrogens is 236 g/mol. The largest absolute Gasteiger partial charge is 0.327 e. The summed E-state index contributed by atoms with van der Waals surface area (Å²) in [7, 11) is 2.01. The number of rotatable bonds is 2. The van der Waals surface area contributed by atoms with E-state index in [1.807, 2.05) is 11.7 Å². The van der Waals surface area contributed by atoms with Crippen LogP contribution in [0.1, 0.15) is 19.0 Å². The normalized spacial score (nSPS) is 25.0. The Hall–Kier alpha value is -1.39. The van der Waals surface area contributed by atoms with Gasteiger partial charge in [-0.3, -0.25) is 9.58 Å². The molecular formula is C15H22N4. The maximum absolute atomic E-state index is 6.12. The first kappa shape index (κ1) is 12.6. The van der Waals surface area contributed by atoms with Crippen LogP contribution < -0.4 is 5.73 Å². The number of nitrogens with two attached hydrogens (primary N) is 1. The summed E-state index contributed by atoms with van der Waals surface area (Å²) in [6.45, 7) is 5.29. The van der Waals surface area contributed by atoms with E-state index < -0.39 is 0 Å². The van der Waals surface area contributed by atoms with Crippen molar-refractivity contribution < 1.29 is 0 Å². The number of fused-ring (bicyclic) bond motifs is 1. The van der Waals surface area contributed by atoms with E-state index in [-0.39, 0.29) is 0 Å². The Bertz CT molecular complexity index is 565. The van der Waals surface area contributed by atoms with Crippen molar-refractivity contribution in [3.63, 3.8) is 0 Å². The molecule has 1 saturated heterocycles. The maximum Gasteiger partial charge on any atom is 0.0843 e. The third kappa shape index (κ3) is 2.51. The number of hydrogen-bond acceptors (Lipinski definition) is 3. The van der Waals surface area contributed by atoms with E-state index in [1.54, 1.807) is 0 Å². The van der Waals surface area contributed by atoms with E-state index in [0.717, 1.165) is 26.1 Å². The molecule has 0 bridgehead atoms. The summed E-state index contributed by atoms with van der Waals surface area (Å²) in [5.41, 5.74) is 8.49. The molecule has 0 radical (unpaired) electrons. The SMILES string of the molecule is CC1CC(N)CN(Cc2nn(C)c3ccccc23)C1. The average Bonchev–Trinajstić information content (AvgIpc) is 2.66. The van der Waals surface area contributed by atoms with Crippen molar-refractivity contribution in [2.24, 2.45) is 18.7 Å². The molecule has 1 fully saturated rings. The molecule has 1 aliphatic heterocycles. The van der Waals surface area contributed by atoms with Gasteiger partial charge in [-0.25, -0.2) is 0 Å². The van der Waals surface area contributed by atoms with Gasteiger partial charge in [-0.05, 0) is 18.4 Å². The zero-order chi connectivity index (χ0) is 13.4.